The summed E-state index contributed by atoms with van der Waals surface area (Å²) in [6.07, 6.45) is 1.05. The summed E-state index contributed by atoms with van der Waals surface area (Å²) >= 11 is 0. The van der Waals surface area contributed by atoms with Gasteiger partial charge in [0.25, 0.3) is 0 Å². The molecular weight excluding hydrogens is 178 g/mol. The van der Waals surface area contributed by atoms with Crippen LogP contribution in [0.5, 0.6) is 0 Å². The molecule has 2 unspecified atom stereocenters. The summed E-state index contributed by atoms with van der Waals surface area (Å²) in [7, 11) is 5.67. The van der Waals surface area contributed by atoms with Gasteiger partial charge in [-0.1, -0.05) is 6.92 Å². The molecule has 1 saturated heterocycles. The van der Waals surface area contributed by atoms with Crippen LogP contribution in [-0.4, -0.2) is 56.1 Å². The Bertz CT molecular complexity index is 206. The Labute approximate surface area is 86.2 Å². The maximum atomic E-state index is 11.4. The lowest BCUT2D eigenvalue weighted by Gasteiger charge is -2.35. The van der Waals surface area contributed by atoms with Gasteiger partial charge < -0.3 is 15.1 Å². The molecule has 2 atom stereocenters. The molecule has 4 heteroatoms. The first-order chi connectivity index (χ1) is 6.50. The van der Waals surface area contributed by atoms with Crippen LogP contribution in [0.2, 0.25) is 0 Å². The van der Waals surface area contributed by atoms with E-state index < -0.39 is 0 Å². The van der Waals surface area contributed by atoms with Crippen molar-refractivity contribution in [3.63, 3.8) is 0 Å². The van der Waals surface area contributed by atoms with Crippen LogP contribution >= 0.6 is 0 Å². The van der Waals surface area contributed by atoms with E-state index in [4.69, 9.17) is 0 Å². The Morgan fingerprint density at radius 1 is 1.50 bits per heavy atom. The van der Waals surface area contributed by atoms with Crippen LogP contribution in [0, 0.1) is 5.92 Å². The highest BCUT2D eigenvalue weighted by atomic mass is 16.2. The zero-order chi connectivity index (χ0) is 10.7. The lowest BCUT2D eigenvalue weighted by atomic mass is 9.94. The molecular formula is C10H21N3O. The predicted octanol–water partition coefficient (Wildman–Crippen LogP) is 0.598. The van der Waals surface area contributed by atoms with Crippen molar-refractivity contribution in [2.45, 2.75) is 19.4 Å². The normalized spacial score (nSPS) is 28.6. The zero-order valence-corrected chi connectivity index (χ0v) is 9.58. The van der Waals surface area contributed by atoms with E-state index >= 15 is 0 Å². The smallest absolute Gasteiger partial charge is 0.317 e. The van der Waals surface area contributed by atoms with Crippen molar-refractivity contribution in [2.24, 2.45) is 5.92 Å². The van der Waals surface area contributed by atoms with E-state index in [1.807, 2.05) is 0 Å². The molecule has 0 radical (unpaired) electrons. The van der Waals surface area contributed by atoms with Crippen LogP contribution in [0.15, 0.2) is 0 Å². The second kappa shape index (κ2) is 4.64. The minimum Gasteiger partial charge on any atom is -0.335 e. The first kappa shape index (κ1) is 11.3. The Morgan fingerprint density at radius 3 is 2.64 bits per heavy atom. The summed E-state index contributed by atoms with van der Waals surface area (Å²) in [4.78, 5) is 15.3. The summed E-state index contributed by atoms with van der Waals surface area (Å²) in [5, 5.41) is 3.05. The molecule has 0 aromatic heterocycles. The maximum absolute atomic E-state index is 11.4. The number of nitrogens with one attached hydrogen (secondary N) is 1. The number of hydrogen-bond acceptors (Lipinski definition) is 2. The molecule has 1 aliphatic heterocycles. The Kier molecular flexibility index (Phi) is 3.75. The highest BCUT2D eigenvalue weighted by molar-refractivity contribution is 5.73. The lowest BCUT2D eigenvalue weighted by molar-refractivity contribution is 0.164. The van der Waals surface area contributed by atoms with E-state index in [2.05, 4.69) is 24.2 Å². The summed E-state index contributed by atoms with van der Waals surface area (Å²) < 4.78 is 0. The second-order valence-corrected chi connectivity index (χ2v) is 4.48. The van der Waals surface area contributed by atoms with Crippen molar-refractivity contribution in [1.29, 1.82) is 0 Å². The van der Waals surface area contributed by atoms with Crippen molar-refractivity contribution >= 4 is 6.03 Å². The number of urea groups is 1. The fourth-order valence-electron chi connectivity index (χ4n) is 1.86. The third-order valence-electron chi connectivity index (χ3n) is 2.82. The Balaban J connectivity index is 2.41. The van der Waals surface area contributed by atoms with Crippen LogP contribution in [0.1, 0.15) is 13.3 Å². The SMILES string of the molecule is CC1CN(C)CCC1NC(=O)N(C)C. The topological polar surface area (TPSA) is 35.6 Å². The van der Waals surface area contributed by atoms with E-state index in [0.717, 1.165) is 19.5 Å². The molecule has 0 aromatic carbocycles. The van der Waals surface area contributed by atoms with Gasteiger partial charge in [-0.2, -0.15) is 0 Å². The van der Waals surface area contributed by atoms with Crippen molar-refractivity contribution in [3.05, 3.63) is 0 Å². The second-order valence-electron chi connectivity index (χ2n) is 4.48. The third kappa shape index (κ3) is 2.87. The third-order valence-corrected chi connectivity index (χ3v) is 2.82. The van der Waals surface area contributed by atoms with Gasteiger partial charge in [0.2, 0.25) is 0 Å². The number of amides is 2. The van der Waals surface area contributed by atoms with Crippen LogP contribution in [-0.2, 0) is 0 Å². The predicted molar refractivity (Wildman–Crippen MR) is 57.3 cm³/mol. The van der Waals surface area contributed by atoms with Crippen molar-refractivity contribution in [1.82, 2.24) is 15.1 Å². The Morgan fingerprint density at radius 2 is 2.14 bits per heavy atom. The number of piperidine rings is 1. The quantitative estimate of drug-likeness (QED) is 0.671. The fraction of sp³-hybridized carbons (Fsp3) is 0.900. The fourth-order valence-corrected chi connectivity index (χ4v) is 1.86. The molecule has 1 aliphatic rings. The van der Waals surface area contributed by atoms with Gasteiger partial charge >= 0.3 is 6.03 Å². The number of carbonyl (C=O) groups is 1. The minimum atomic E-state index is 0.0198. The number of rotatable bonds is 1. The van der Waals surface area contributed by atoms with Crippen molar-refractivity contribution in [3.8, 4) is 0 Å². The lowest BCUT2D eigenvalue weighted by Crippen LogP contribution is -2.51. The van der Waals surface area contributed by atoms with Crippen molar-refractivity contribution < 1.29 is 4.79 Å². The van der Waals surface area contributed by atoms with Crippen molar-refractivity contribution in [2.75, 3.05) is 34.2 Å². The molecule has 0 aromatic rings. The maximum Gasteiger partial charge on any atom is 0.317 e. The summed E-state index contributed by atoms with van der Waals surface area (Å²) in [5.74, 6) is 0.539. The molecule has 0 saturated carbocycles. The van der Waals surface area contributed by atoms with Gasteiger partial charge in [-0.15, -0.1) is 0 Å². The largest absolute Gasteiger partial charge is 0.335 e. The molecule has 14 heavy (non-hydrogen) atoms. The molecule has 1 heterocycles. The minimum absolute atomic E-state index is 0.0198. The monoisotopic (exact) mass is 199 g/mol. The average Bonchev–Trinajstić information content (AvgIpc) is 2.09. The summed E-state index contributed by atoms with van der Waals surface area (Å²) in [6.45, 7) is 4.33. The molecule has 82 valence electrons. The molecule has 1 fully saturated rings. The first-order valence-electron chi connectivity index (χ1n) is 5.17. The zero-order valence-electron chi connectivity index (χ0n) is 9.58. The van der Waals surface area contributed by atoms with Gasteiger partial charge in [0.15, 0.2) is 0 Å². The first-order valence-corrected chi connectivity index (χ1v) is 5.17. The number of likely N-dealkylation sites (tertiary alicyclic amines) is 1. The van der Waals surface area contributed by atoms with Gasteiger partial charge in [0.1, 0.15) is 0 Å². The van der Waals surface area contributed by atoms with Crippen LogP contribution < -0.4 is 5.32 Å². The summed E-state index contributed by atoms with van der Waals surface area (Å²) in [6, 6.07) is 0.354. The van der Waals surface area contributed by atoms with Gasteiger partial charge in [0, 0.05) is 26.7 Å². The number of hydrogen-bond donors (Lipinski definition) is 1. The number of nitrogens with zero attached hydrogens (tertiary/aromatic N) is 2. The molecule has 4 nitrogen and oxygen atoms in total. The molecule has 0 bridgehead atoms. The van der Waals surface area contributed by atoms with Gasteiger partial charge in [-0.3, -0.25) is 0 Å². The van der Waals surface area contributed by atoms with E-state index in [9.17, 15) is 4.79 Å². The summed E-state index contributed by atoms with van der Waals surface area (Å²) in [5.41, 5.74) is 0. The number of carbonyl (C=O) groups excluding carboxylic acids is 1. The standard InChI is InChI=1S/C10H21N3O/c1-8-7-13(4)6-5-9(8)11-10(14)12(2)3/h8-9H,5-7H2,1-4H3,(H,11,14). The molecule has 1 rings (SSSR count). The molecule has 0 aliphatic carbocycles. The molecule has 1 N–H and O–H groups in total. The Hall–Kier alpha value is -0.770. The molecule has 2 amide bonds. The van der Waals surface area contributed by atoms with E-state index in [1.54, 1.807) is 19.0 Å². The highest BCUT2D eigenvalue weighted by Gasteiger charge is 2.25. The van der Waals surface area contributed by atoms with Crippen LogP contribution in [0.4, 0.5) is 4.79 Å². The molecule has 0 spiro atoms. The van der Waals surface area contributed by atoms with E-state index in [1.165, 1.54) is 0 Å². The van der Waals surface area contributed by atoms with Crippen LogP contribution in [0.3, 0.4) is 0 Å². The average molecular weight is 199 g/mol. The van der Waals surface area contributed by atoms with Gasteiger partial charge in [-0.05, 0) is 25.9 Å². The van der Waals surface area contributed by atoms with Gasteiger partial charge in [-0.25, -0.2) is 4.79 Å². The van der Waals surface area contributed by atoms with Crippen LogP contribution in [0.25, 0.3) is 0 Å². The highest BCUT2D eigenvalue weighted by Crippen LogP contribution is 2.15. The van der Waals surface area contributed by atoms with Gasteiger partial charge in [0.05, 0.1) is 0 Å². The van der Waals surface area contributed by atoms with E-state index in [-0.39, 0.29) is 6.03 Å². The van der Waals surface area contributed by atoms with E-state index in [0.29, 0.717) is 12.0 Å².